The van der Waals surface area contributed by atoms with Crippen molar-refractivity contribution in [2.75, 3.05) is 19.7 Å². The van der Waals surface area contributed by atoms with Crippen molar-refractivity contribution in [3.8, 4) is 0 Å². The maximum Gasteiger partial charge on any atom is 0.289 e. The highest BCUT2D eigenvalue weighted by atomic mass is 16.6. The van der Waals surface area contributed by atoms with Gasteiger partial charge in [-0.1, -0.05) is 0 Å². The van der Waals surface area contributed by atoms with Gasteiger partial charge in [0.2, 0.25) is 0 Å². The van der Waals surface area contributed by atoms with E-state index in [4.69, 9.17) is 20.8 Å². The maximum absolute atomic E-state index is 10.4. The van der Waals surface area contributed by atoms with E-state index in [1.807, 2.05) is 0 Å². The quantitative estimate of drug-likeness (QED) is 0.321. The van der Waals surface area contributed by atoms with Crippen molar-refractivity contribution in [3.63, 3.8) is 0 Å². The van der Waals surface area contributed by atoms with E-state index in [2.05, 4.69) is 0 Å². The van der Waals surface area contributed by atoms with Gasteiger partial charge >= 0.3 is 0 Å². The molecule has 3 N–H and O–H groups in total. The molecule has 0 heterocycles. The monoisotopic (exact) mass is 155 g/mol. The molecule has 10 heavy (non-hydrogen) atoms. The summed E-state index contributed by atoms with van der Waals surface area (Å²) in [7, 11) is 0. The molecule has 60 valence electrons. The van der Waals surface area contributed by atoms with Gasteiger partial charge in [0, 0.05) is 4.92 Å². The first-order valence-electron chi connectivity index (χ1n) is 4.21. The summed E-state index contributed by atoms with van der Waals surface area (Å²) in [6.07, 6.45) is 0. The van der Waals surface area contributed by atoms with Crippen LogP contribution in [-0.2, 0) is 0 Å². The van der Waals surface area contributed by atoms with Crippen LogP contribution >= 0.6 is 0 Å². The fourth-order valence-corrected chi connectivity index (χ4v) is 0.235. The summed E-state index contributed by atoms with van der Waals surface area (Å²) >= 11 is 0. The second-order valence-corrected chi connectivity index (χ2v) is 1.50. The van der Waals surface area contributed by atoms with Crippen LogP contribution in [0.2, 0.25) is 0 Å². The number of aliphatic hydroxyl groups excluding tert-OH is 1. The molecule has 0 fully saturated rings. The Kier molecular flexibility index (Phi) is 1.46. The largest absolute Gasteiger partial charge is 0.389 e. The minimum atomic E-state index is -3.70. The van der Waals surface area contributed by atoms with Crippen LogP contribution < -0.4 is 0 Å². The summed E-state index contributed by atoms with van der Waals surface area (Å²) in [6.45, 7) is -9.10. The smallest absolute Gasteiger partial charge is 0.289 e. The van der Waals surface area contributed by atoms with Crippen LogP contribution in [0.3, 0.4) is 0 Å². The van der Waals surface area contributed by atoms with Gasteiger partial charge in [0.05, 0.1) is 5.48 Å². The zero-order valence-electron chi connectivity index (χ0n) is 8.81. The van der Waals surface area contributed by atoms with Gasteiger partial charge < -0.3 is 15.3 Å². The Morgan fingerprint density at radius 1 is 1.50 bits per heavy atom. The molecule has 0 aromatic carbocycles. The van der Waals surface area contributed by atoms with Crippen LogP contribution in [0.25, 0.3) is 0 Å². The first kappa shape index (κ1) is 4.22. The normalized spacial score (nSPS) is 20.3. The summed E-state index contributed by atoms with van der Waals surface area (Å²) in [5.74, 6) is 0. The van der Waals surface area contributed by atoms with Crippen LogP contribution in [0.1, 0.15) is 5.48 Å². The molecule has 0 aliphatic heterocycles. The Hall–Kier alpha value is -0.720. The third-order valence-electron chi connectivity index (χ3n) is 0.910. The number of nitro groups is 1. The Bertz CT molecular complexity index is 219. The molecule has 0 atom stereocenters. The molecule has 0 spiro atoms. The summed E-state index contributed by atoms with van der Waals surface area (Å²) < 4.78 is 26.6. The lowest BCUT2D eigenvalue weighted by Crippen LogP contribution is -2.49. The molecule has 0 amide bonds. The van der Waals surface area contributed by atoms with Crippen molar-refractivity contribution in [1.29, 1.82) is 0 Å². The fourth-order valence-electron chi connectivity index (χ4n) is 0.235. The van der Waals surface area contributed by atoms with Crippen LogP contribution in [0.4, 0.5) is 0 Å². The van der Waals surface area contributed by atoms with E-state index in [-0.39, 0.29) is 0 Å². The van der Waals surface area contributed by atoms with E-state index in [0.29, 0.717) is 0 Å². The van der Waals surface area contributed by atoms with Gasteiger partial charge in [-0.15, -0.1) is 0 Å². The van der Waals surface area contributed by atoms with Gasteiger partial charge in [-0.05, 0) is 0 Å². The van der Waals surface area contributed by atoms with E-state index in [0.717, 1.165) is 0 Å². The van der Waals surface area contributed by atoms with E-state index < -0.39 is 30.2 Å². The SMILES string of the molecule is [2H]C([2H])(O)C(CO)([N+](=O)[O-])C([2H])([2H])O. The molecule has 6 heteroatoms. The summed E-state index contributed by atoms with van der Waals surface area (Å²) in [5, 5.41) is 36.5. The van der Waals surface area contributed by atoms with Crippen molar-refractivity contribution in [2.45, 2.75) is 5.54 Å². The first-order valence-corrected chi connectivity index (χ1v) is 2.21. The van der Waals surface area contributed by atoms with Crippen molar-refractivity contribution < 1.29 is 25.7 Å². The highest BCUT2D eigenvalue weighted by Gasteiger charge is 2.41. The fraction of sp³-hybridized carbons (Fsp3) is 1.00. The number of rotatable bonds is 4. The van der Waals surface area contributed by atoms with Crippen molar-refractivity contribution in [2.24, 2.45) is 0 Å². The minimum absolute atomic E-state index is 1.59. The third kappa shape index (κ3) is 1.41. The van der Waals surface area contributed by atoms with E-state index in [1.54, 1.807) is 0 Å². The lowest BCUT2D eigenvalue weighted by Gasteiger charge is -2.16. The Morgan fingerprint density at radius 3 is 1.90 bits per heavy atom. The molecule has 0 aromatic rings. The van der Waals surface area contributed by atoms with Crippen LogP contribution in [0.5, 0.6) is 0 Å². The Balaban J connectivity index is 5.58. The van der Waals surface area contributed by atoms with Crippen molar-refractivity contribution in [3.05, 3.63) is 10.1 Å². The average Bonchev–Trinajstić information content (AvgIpc) is 1.80. The standard InChI is InChI=1S/C4H9NO5/c6-1-4(2-7,3-8)5(9)10/h6-8H,1-3H2/i1D2,2D2. The molecule has 0 unspecified atom stereocenters. The highest BCUT2D eigenvalue weighted by Crippen LogP contribution is 2.05. The summed E-state index contributed by atoms with van der Waals surface area (Å²) in [5.41, 5.74) is -3.53. The zero-order valence-corrected chi connectivity index (χ0v) is 4.81. The summed E-state index contributed by atoms with van der Waals surface area (Å²) in [6, 6.07) is 0. The van der Waals surface area contributed by atoms with Gasteiger partial charge in [0.15, 0.2) is 0 Å². The van der Waals surface area contributed by atoms with Crippen LogP contribution in [-0.4, -0.2) is 45.5 Å². The minimum Gasteiger partial charge on any atom is -0.389 e. The highest BCUT2D eigenvalue weighted by molar-refractivity contribution is 4.75. The molecule has 0 saturated heterocycles. The molecule has 0 bridgehead atoms. The van der Waals surface area contributed by atoms with Gasteiger partial charge in [0.25, 0.3) is 5.54 Å². The molecule has 0 saturated carbocycles. The Morgan fingerprint density at radius 2 is 1.90 bits per heavy atom. The first-order chi connectivity index (χ1) is 6.00. The van der Waals surface area contributed by atoms with Gasteiger partial charge in [-0.2, -0.15) is 0 Å². The molecule has 0 rings (SSSR count). The zero-order chi connectivity index (χ0) is 11.8. The Labute approximate surface area is 62.5 Å². The van der Waals surface area contributed by atoms with E-state index in [1.165, 1.54) is 0 Å². The third-order valence-corrected chi connectivity index (χ3v) is 0.910. The molecule has 0 radical (unpaired) electrons. The van der Waals surface area contributed by atoms with Gasteiger partial charge in [-0.25, -0.2) is 0 Å². The molecular formula is C4H9NO5. The molecule has 6 nitrogen and oxygen atoms in total. The number of aliphatic hydroxyl groups is 3. The van der Waals surface area contributed by atoms with E-state index in [9.17, 15) is 10.1 Å². The molecule has 0 aromatic heterocycles. The topological polar surface area (TPSA) is 104 Å². The average molecular weight is 155 g/mol. The van der Waals surface area contributed by atoms with Crippen LogP contribution in [0.15, 0.2) is 0 Å². The summed E-state index contributed by atoms with van der Waals surface area (Å²) in [4.78, 5) is 8.80. The van der Waals surface area contributed by atoms with Crippen molar-refractivity contribution >= 4 is 0 Å². The molecular weight excluding hydrogens is 142 g/mol. The second kappa shape index (κ2) is 3.45. The lowest BCUT2D eigenvalue weighted by atomic mass is 10.1. The molecule has 0 aliphatic rings. The van der Waals surface area contributed by atoms with Gasteiger partial charge in [0.1, 0.15) is 19.7 Å². The second-order valence-electron chi connectivity index (χ2n) is 1.50. The number of hydrogen-bond acceptors (Lipinski definition) is 5. The van der Waals surface area contributed by atoms with E-state index >= 15 is 0 Å². The number of nitrogens with zero attached hydrogens (tertiary/aromatic N) is 1. The number of hydrogen-bond donors (Lipinski definition) is 3. The maximum atomic E-state index is 10.4. The van der Waals surface area contributed by atoms with Crippen molar-refractivity contribution in [1.82, 2.24) is 0 Å². The molecule has 0 aliphatic carbocycles. The van der Waals surface area contributed by atoms with Crippen LogP contribution in [0, 0.1) is 10.1 Å². The predicted molar refractivity (Wildman–Crippen MR) is 31.0 cm³/mol. The predicted octanol–water partition coefficient (Wildman–Crippen LogP) is -2.02. The lowest BCUT2D eigenvalue weighted by molar-refractivity contribution is -0.580. The van der Waals surface area contributed by atoms with Gasteiger partial charge in [-0.3, -0.25) is 10.1 Å².